The molecule has 0 spiro atoms. The lowest BCUT2D eigenvalue weighted by atomic mass is 9.85. The van der Waals surface area contributed by atoms with Crippen LogP contribution in [0.3, 0.4) is 0 Å². The Balaban J connectivity index is 2.47. The van der Waals surface area contributed by atoms with E-state index in [0.717, 1.165) is 30.8 Å². The fourth-order valence-electron chi connectivity index (χ4n) is 2.34. The van der Waals surface area contributed by atoms with Crippen molar-refractivity contribution in [3.05, 3.63) is 16.1 Å². The Hall–Kier alpha value is -0.410. The maximum atomic E-state index is 4.53. The largest absolute Gasteiger partial charge is 0.312 e. The van der Waals surface area contributed by atoms with E-state index in [4.69, 9.17) is 0 Å². The van der Waals surface area contributed by atoms with E-state index in [1.165, 1.54) is 9.88 Å². The van der Waals surface area contributed by atoms with Crippen molar-refractivity contribution in [2.75, 3.05) is 6.54 Å². The Morgan fingerprint density at radius 1 is 1.16 bits per heavy atom. The first-order valence-electron chi connectivity index (χ1n) is 7.37. The summed E-state index contributed by atoms with van der Waals surface area (Å²) in [7, 11) is 0. The van der Waals surface area contributed by atoms with Crippen molar-refractivity contribution >= 4 is 11.3 Å². The molecule has 1 aromatic heterocycles. The summed E-state index contributed by atoms with van der Waals surface area (Å²) in [6.45, 7) is 18.0. The molecule has 0 aliphatic heterocycles. The quantitative estimate of drug-likeness (QED) is 0.833. The number of hydrogen-bond acceptors (Lipinski definition) is 3. The maximum absolute atomic E-state index is 4.53. The molecule has 0 aliphatic rings. The standard InChI is InChI=1S/C16H30N2S/c1-11(2)14(12(3)4)10-17-8-13-9-18-15(19-13)16(5,6)7/h9,11-12,14,17H,8,10H2,1-7H3. The van der Waals surface area contributed by atoms with Gasteiger partial charge in [0.25, 0.3) is 0 Å². The highest BCUT2D eigenvalue weighted by Gasteiger charge is 2.19. The Morgan fingerprint density at radius 3 is 2.16 bits per heavy atom. The molecule has 3 heteroatoms. The van der Waals surface area contributed by atoms with Crippen LogP contribution < -0.4 is 5.32 Å². The van der Waals surface area contributed by atoms with Crippen molar-refractivity contribution in [3.63, 3.8) is 0 Å². The van der Waals surface area contributed by atoms with Gasteiger partial charge in [-0.05, 0) is 24.3 Å². The second kappa shape index (κ2) is 6.85. The number of nitrogens with zero attached hydrogens (tertiary/aromatic N) is 1. The van der Waals surface area contributed by atoms with Crippen LogP contribution in [0.2, 0.25) is 0 Å². The Bertz CT molecular complexity index is 366. The van der Waals surface area contributed by atoms with Gasteiger partial charge in [0.2, 0.25) is 0 Å². The molecule has 1 heterocycles. The molecule has 1 aromatic rings. The molecule has 0 aromatic carbocycles. The SMILES string of the molecule is CC(C)C(CNCc1cnc(C(C)(C)C)s1)C(C)C. The minimum Gasteiger partial charge on any atom is -0.312 e. The van der Waals surface area contributed by atoms with Crippen molar-refractivity contribution in [3.8, 4) is 0 Å². The molecule has 2 nitrogen and oxygen atoms in total. The third kappa shape index (κ3) is 5.23. The van der Waals surface area contributed by atoms with E-state index in [9.17, 15) is 0 Å². The number of thiazole rings is 1. The molecule has 110 valence electrons. The van der Waals surface area contributed by atoms with Crippen LogP contribution in [0, 0.1) is 17.8 Å². The van der Waals surface area contributed by atoms with E-state index < -0.39 is 0 Å². The minimum atomic E-state index is 0.168. The van der Waals surface area contributed by atoms with Gasteiger partial charge in [-0.15, -0.1) is 11.3 Å². The van der Waals surface area contributed by atoms with Crippen LogP contribution in [0.25, 0.3) is 0 Å². The molecule has 1 rings (SSSR count). The van der Waals surface area contributed by atoms with Gasteiger partial charge in [0.05, 0.1) is 5.01 Å². The van der Waals surface area contributed by atoms with Gasteiger partial charge in [-0.3, -0.25) is 0 Å². The summed E-state index contributed by atoms with van der Waals surface area (Å²) in [5.74, 6) is 2.22. The molecular weight excluding hydrogens is 252 g/mol. The summed E-state index contributed by atoms with van der Waals surface area (Å²) in [6, 6.07) is 0. The highest BCUT2D eigenvalue weighted by Crippen LogP contribution is 2.26. The second-order valence-electron chi connectivity index (χ2n) is 7.16. The molecule has 0 radical (unpaired) electrons. The van der Waals surface area contributed by atoms with Crippen LogP contribution in [0.15, 0.2) is 6.20 Å². The van der Waals surface area contributed by atoms with E-state index in [0.29, 0.717) is 0 Å². The molecule has 1 N–H and O–H groups in total. The van der Waals surface area contributed by atoms with Crippen LogP contribution in [0.1, 0.15) is 58.4 Å². The lowest BCUT2D eigenvalue weighted by molar-refractivity contribution is 0.276. The van der Waals surface area contributed by atoms with Crippen LogP contribution in [0.4, 0.5) is 0 Å². The molecule has 19 heavy (non-hydrogen) atoms. The van der Waals surface area contributed by atoms with Gasteiger partial charge in [0.1, 0.15) is 0 Å². The van der Waals surface area contributed by atoms with Crippen LogP contribution in [-0.4, -0.2) is 11.5 Å². The predicted molar refractivity (Wildman–Crippen MR) is 85.7 cm³/mol. The van der Waals surface area contributed by atoms with E-state index in [1.54, 1.807) is 0 Å². The zero-order chi connectivity index (χ0) is 14.6. The van der Waals surface area contributed by atoms with Crippen molar-refractivity contribution < 1.29 is 0 Å². The third-order valence-electron chi connectivity index (χ3n) is 3.59. The molecular formula is C16H30N2S. The molecule has 0 saturated carbocycles. The van der Waals surface area contributed by atoms with E-state index in [1.807, 2.05) is 17.5 Å². The minimum absolute atomic E-state index is 0.168. The Kier molecular flexibility index (Phi) is 6.00. The average Bonchev–Trinajstić information content (AvgIpc) is 2.71. The van der Waals surface area contributed by atoms with Gasteiger partial charge in [-0.2, -0.15) is 0 Å². The average molecular weight is 282 g/mol. The number of hydrogen-bond donors (Lipinski definition) is 1. The highest BCUT2D eigenvalue weighted by atomic mass is 32.1. The molecule has 0 amide bonds. The molecule has 0 unspecified atom stereocenters. The lowest BCUT2D eigenvalue weighted by Gasteiger charge is -2.25. The summed E-state index contributed by atoms with van der Waals surface area (Å²) in [5.41, 5.74) is 0.168. The van der Waals surface area contributed by atoms with Crippen LogP contribution in [0.5, 0.6) is 0 Å². The van der Waals surface area contributed by atoms with Gasteiger partial charge in [-0.25, -0.2) is 4.98 Å². The number of aromatic nitrogens is 1. The van der Waals surface area contributed by atoms with Crippen molar-refractivity contribution in [1.29, 1.82) is 0 Å². The van der Waals surface area contributed by atoms with Gasteiger partial charge in [0, 0.05) is 23.0 Å². The first-order valence-corrected chi connectivity index (χ1v) is 8.19. The first kappa shape index (κ1) is 16.6. The van der Waals surface area contributed by atoms with Crippen LogP contribution >= 0.6 is 11.3 Å². The second-order valence-corrected chi connectivity index (χ2v) is 8.28. The van der Waals surface area contributed by atoms with Gasteiger partial charge in [-0.1, -0.05) is 48.5 Å². The Labute approximate surface area is 123 Å². The normalized spacial score (nSPS) is 12.9. The van der Waals surface area contributed by atoms with Crippen molar-refractivity contribution in [1.82, 2.24) is 10.3 Å². The molecule has 0 atom stereocenters. The fourth-order valence-corrected chi connectivity index (χ4v) is 3.28. The van der Waals surface area contributed by atoms with Gasteiger partial charge >= 0.3 is 0 Å². The number of nitrogens with one attached hydrogen (secondary N) is 1. The van der Waals surface area contributed by atoms with E-state index in [2.05, 4.69) is 58.8 Å². The Morgan fingerprint density at radius 2 is 1.74 bits per heavy atom. The van der Waals surface area contributed by atoms with Gasteiger partial charge in [0.15, 0.2) is 0 Å². The summed E-state index contributed by atoms with van der Waals surface area (Å²) in [6.07, 6.45) is 2.03. The topological polar surface area (TPSA) is 24.9 Å². The lowest BCUT2D eigenvalue weighted by Crippen LogP contribution is -2.29. The molecule has 0 saturated heterocycles. The summed E-state index contributed by atoms with van der Waals surface area (Å²) >= 11 is 1.83. The summed E-state index contributed by atoms with van der Waals surface area (Å²) in [4.78, 5) is 5.88. The van der Waals surface area contributed by atoms with Crippen molar-refractivity contribution in [2.45, 2.75) is 60.4 Å². The first-order chi connectivity index (χ1) is 8.71. The van der Waals surface area contributed by atoms with E-state index >= 15 is 0 Å². The third-order valence-corrected chi connectivity index (χ3v) is 5.01. The molecule has 0 aliphatic carbocycles. The summed E-state index contributed by atoms with van der Waals surface area (Å²) < 4.78 is 0. The zero-order valence-corrected chi connectivity index (χ0v) is 14.4. The van der Waals surface area contributed by atoms with Crippen LogP contribution in [-0.2, 0) is 12.0 Å². The monoisotopic (exact) mass is 282 g/mol. The number of rotatable bonds is 6. The maximum Gasteiger partial charge on any atom is 0.0981 e. The highest BCUT2D eigenvalue weighted by molar-refractivity contribution is 7.11. The van der Waals surface area contributed by atoms with E-state index in [-0.39, 0.29) is 5.41 Å². The smallest absolute Gasteiger partial charge is 0.0981 e. The zero-order valence-electron chi connectivity index (χ0n) is 13.6. The fraction of sp³-hybridized carbons (Fsp3) is 0.812. The summed E-state index contributed by atoms with van der Waals surface area (Å²) in [5, 5.41) is 4.83. The van der Waals surface area contributed by atoms with Gasteiger partial charge < -0.3 is 5.32 Å². The predicted octanol–water partition coefficient (Wildman–Crippen LogP) is 4.46. The van der Waals surface area contributed by atoms with Crippen molar-refractivity contribution in [2.24, 2.45) is 17.8 Å². The molecule has 0 fully saturated rings. The molecule has 0 bridgehead atoms.